The van der Waals surface area contributed by atoms with E-state index in [-0.39, 0.29) is 0 Å². The van der Waals surface area contributed by atoms with Crippen LogP contribution in [-0.4, -0.2) is 39.9 Å². The van der Waals surface area contributed by atoms with E-state index in [4.69, 9.17) is 4.74 Å². The van der Waals surface area contributed by atoms with Crippen molar-refractivity contribution in [2.75, 3.05) is 20.2 Å². The standard InChI is InChI=1S/C19H24N4O/c1-14-12-18(24-2)17(16-4-8-20-19(14)16)13-22-10-5-15(6-11-22)23-9-3-7-21-23/h3-4,7-9,12,15,20H,5-6,10-11,13H2,1-2H3. The Bertz CT molecular complexity index is 813. The molecule has 0 radical (unpaired) electrons. The van der Waals surface area contributed by atoms with Crippen molar-refractivity contribution in [3.8, 4) is 5.75 Å². The summed E-state index contributed by atoms with van der Waals surface area (Å²) in [5, 5.41) is 5.67. The molecule has 4 rings (SSSR count). The summed E-state index contributed by atoms with van der Waals surface area (Å²) in [5.74, 6) is 0.994. The molecule has 0 aliphatic carbocycles. The van der Waals surface area contributed by atoms with Crippen LogP contribution in [0.3, 0.4) is 0 Å². The van der Waals surface area contributed by atoms with Crippen LogP contribution < -0.4 is 4.74 Å². The lowest BCUT2D eigenvalue weighted by molar-refractivity contribution is 0.172. The number of methoxy groups -OCH3 is 1. The lowest BCUT2D eigenvalue weighted by atomic mass is 10.0. The Labute approximate surface area is 142 Å². The number of ether oxygens (including phenoxy) is 1. The lowest BCUT2D eigenvalue weighted by Crippen LogP contribution is -2.34. The summed E-state index contributed by atoms with van der Waals surface area (Å²) in [7, 11) is 1.76. The number of nitrogens with zero attached hydrogens (tertiary/aromatic N) is 3. The Morgan fingerprint density at radius 1 is 1.33 bits per heavy atom. The van der Waals surface area contributed by atoms with Crippen LogP contribution in [-0.2, 0) is 6.54 Å². The number of piperidine rings is 1. The zero-order valence-electron chi connectivity index (χ0n) is 14.3. The van der Waals surface area contributed by atoms with E-state index in [1.54, 1.807) is 7.11 Å². The van der Waals surface area contributed by atoms with Gasteiger partial charge in [-0.25, -0.2) is 0 Å². The maximum absolute atomic E-state index is 5.67. The van der Waals surface area contributed by atoms with Gasteiger partial charge in [-0.2, -0.15) is 5.10 Å². The molecule has 1 fully saturated rings. The van der Waals surface area contributed by atoms with E-state index in [9.17, 15) is 0 Å². The summed E-state index contributed by atoms with van der Waals surface area (Å²) >= 11 is 0. The second kappa shape index (κ2) is 6.32. The molecule has 0 bridgehead atoms. The second-order valence-corrected chi connectivity index (χ2v) is 6.63. The zero-order valence-corrected chi connectivity index (χ0v) is 14.3. The molecule has 0 saturated carbocycles. The van der Waals surface area contributed by atoms with Crippen LogP contribution >= 0.6 is 0 Å². The summed E-state index contributed by atoms with van der Waals surface area (Å²) < 4.78 is 7.78. The van der Waals surface area contributed by atoms with Crippen LogP contribution in [0.15, 0.2) is 36.8 Å². The molecule has 0 atom stereocenters. The highest BCUT2D eigenvalue weighted by Gasteiger charge is 2.22. The number of aromatic nitrogens is 3. The first-order valence-electron chi connectivity index (χ1n) is 8.61. The number of likely N-dealkylation sites (tertiary alicyclic amines) is 1. The Morgan fingerprint density at radius 3 is 2.88 bits per heavy atom. The van der Waals surface area contributed by atoms with Crippen molar-refractivity contribution in [1.82, 2.24) is 19.7 Å². The van der Waals surface area contributed by atoms with Gasteiger partial charge in [-0.15, -0.1) is 0 Å². The third kappa shape index (κ3) is 2.69. The number of rotatable bonds is 4. The molecule has 126 valence electrons. The zero-order chi connectivity index (χ0) is 16.5. The van der Waals surface area contributed by atoms with Gasteiger partial charge in [-0.05, 0) is 43.5 Å². The van der Waals surface area contributed by atoms with Gasteiger partial charge in [0.05, 0.1) is 13.2 Å². The number of aromatic amines is 1. The number of fused-ring (bicyclic) bond motifs is 1. The van der Waals surface area contributed by atoms with Gasteiger partial charge in [0.15, 0.2) is 0 Å². The average molecular weight is 324 g/mol. The van der Waals surface area contributed by atoms with Crippen LogP contribution in [0.25, 0.3) is 10.9 Å². The highest BCUT2D eigenvalue weighted by atomic mass is 16.5. The van der Waals surface area contributed by atoms with Gasteiger partial charge in [0.2, 0.25) is 0 Å². The van der Waals surface area contributed by atoms with E-state index < -0.39 is 0 Å². The number of hydrogen-bond donors (Lipinski definition) is 1. The van der Waals surface area contributed by atoms with Gasteiger partial charge in [0.1, 0.15) is 5.75 Å². The third-order valence-corrected chi connectivity index (χ3v) is 5.17. The van der Waals surface area contributed by atoms with Gasteiger partial charge >= 0.3 is 0 Å². The van der Waals surface area contributed by atoms with E-state index in [1.165, 1.54) is 22.0 Å². The number of aryl methyl sites for hydroxylation is 1. The molecule has 1 aromatic carbocycles. The molecular weight excluding hydrogens is 300 g/mol. The molecule has 0 amide bonds. The van der Waals surface area contributed by atoms with Crippen molar-refractivity contribution in [3.63, 3.8) is 0 Å². The summed E-state index contributed by atoms with van der Waals surface area (Å²) in [6.07, 6.45) is 8.25. The predicted molar refractivity (Wildman–Crippen MR) is 95.4 cm³/mol. The highest BCUT2D eigenvalue weighted by molar-refractivity contribution is 5.88. The molecule has 24 heavy (non-hydrogen) atoms. The molecule has 2 aromatic heterocycles. The monoisotopic (exact) mass is 324 g/mol. The quantitative estimate of drug-likeness (QED) is 0.799. The Hall–Kier alpha value is -2.27. The van der Waals surface area contributed by atoms with E-state index in [0.29, 0.717) is 6.04 Å². The lowest BCUT2D eigenvalue weighted by Gasteiger charge is -2.32. The maximum atomic E-state index is 5.67. The topological polar surface area (TPSA) is 46.1 Å². The molecule has 1 saturated heterocycles. The number of H-pyrrole nitrogens is 1. The van der Waals surface area contributed by atoms with Gasteiger partial charge in [0, 0.05) is 54.7 Å². The first kappa shape index (κ1) is 15.3. The van der Waals surface area contributed by atoms with E-state index >= 15 is 0 Å². The largest absolute Gasteiger partial charge is 0.496 e. The van der Waals surface area contributed by atoms with Crippen molar-refractivity contribution in [1.29, 1.82) is 0 Å². The Kier molecular flexibility index (Phi) is 4.02. The molecule has 0 spiro atoms. The molecule has 1 aliphatic rings. The fraction of sp³-hybridized carbons (Fsp3) is 0.421. The third-order valence-electron chi connectivity index (χ3n) is 5.17. The minimum atomic E-state index is 0.531. The Morgan fingerprint density at radius 2 is 2.17 bits per heavy atom. The Balaban J connectivity index is 1.53. The first-order valence-corrected chi connectivity index (χ1v) is 8.61. The summed E-state index contributed by atoms with van der Waals surface area (Å²) in [5.41, 5.74) is 3.74. The number of nitrogens with one attached hydrogen (secondary N) is 1. The molecule has 1 aliphatic heterocycles. The van der Waals surface area contributed by atoms with Crippen LogP contribution in [0.4, 0.5) is 0 Å². The summed E-state index contributed by atoms with van der Waals surface area (Å²) in [6, 6.07) is 6.84. The van der Waals surface area contributed by atoms with Crippen LogP contribution in [0.2, 0.25) is 0 Å². The fourth-order valence-corrected chi connectivity index (χ4v) is 3.84. The summed E-state index contributed by atoms with van der Waals surface area (Å²) in [4.78, 5) is 5.88. The first-order chi connectivity index (χ1) is 11.8. The van der Waals surface area contributed by atoms with Gasteiger partial charge in [0.25, 0.3) is 0 Å². The summed E-state index contributed by atoms with van der Waals surface area (Å²) in [6.45, 7) is 5.24. The molecular formula is C19H24N4O. The van der Waals surface area contributed by atoms with E-state index in [2.05, 4.69) is 44.9 Å². The van der Waals surface area contributed by atoms with Crippen molar-refractivity contribution < 1.29 is 4.74 Å². The average Bonchev–Trinajstić information content (AvgIpc) is 3.29. The van der Waals surface area contributed by atoms with Gasteiger partial charge in [-0.3, -0.25) is 9.58 Å². The van der Waals surface area contributed by atoms with Crippen LogP contribution in [0.1, 0.15) is 30.0 Å². The van der Waals surface area contributed by atoms with Crippen molar-refractivity contribution in [2.24, 2.45) is 0 Å². The molecule has 1 N–H and O–H groups in total. The smallest absolute Gasteiger partial charge is 0.124 e. The van der Waals surface area contributed by atoms with Crippen LogP contribution in [0.5, 0.6) is 5.75 Å². The minimum absolute atomic E-state index is 0.531. The SMILES string of the molecule is COc1cc(C)c2[nH]ccc2c1CN1CCC(n2cccn2)CC1. The normalized spacial score (nSPS) is 16.8. The van der Waals surface area contributed by atoms with Gasteiger partial charge in [-0.1, -0.05) is 0 Å². The predicted octanol–water partition coefficient (Wildman–Crippen LogP) is 3.52. The van der Waals surface area contributed by atoms with Crippen molar-refractivity contribution in [2.45, 2.75) is 32.4 Å². The van der Waals surface area contributed by atoms with Crippen LogP contribution in [0, 0.1) is 6.92 Å². The van der Waals surface area contributed by atoms with Crippen molar-refractivity contribution >= 4 is 10.9 Å². The minimum Gasteiger partial charge on any atom is -0.496 e. The van der Waals surface area contributed by atoms with E-state index in [0.717, 1.165) is 38.2 Å². The number of benzene rings is 1. The van der Waals surface area contributed by atoms with E-state index in [1.807, 2.05) is 18.5 Å². The highest BCUT2D eigenvalue weighted by Crippen LogP contribution is 2.32. The molecule has 5 heteroatoms. The maximum Gasteiger partial charge on any atom is 0.124 e. The fourth-order valence-electron chi connectivity index (χ4n) is 3.84. The van der Waals surface area contributed by atoms with Crippen molar-refractivity contribution in [3.05, 3.63) is 47.9 Å². The molecule has 3 aromatic rings. The molecule has 3 heterocycles. The molecule has 0 unspecified atom stereocenters. The molecule has 5 nitrogen and oxygen atoms in total. The van der Waals surface area contributed by atoms with Gasteiger partial charge < -0.3 is 9.72 Å². The second-order valence-electron chi connectivity index (χ2n) is 6.63. The number of hydrogen-bond acceptors (Lipinski definition) is 3.